The second-order valence-electron chi connectivity index (χ2n) is 3.34. The van der Waals surface area contributed by atoms with E-state index in [1.165, 1.54) is 11.8 Å². The Balaban J connectivity index is 2.16. The number of allylic oxidation sites excluding steroid dienone is 1. The third-order valence-electron chi connectivity index (χ3n) is 2.26. The molecule has 7 heteroatoms. The molecular weight excluding hydrogens is 238 g/mol. The maximum Gasteiger partial charge on any atom is 0.209 e. The fraction of sp³-hybridized carbons (Fsp3) is 0.400. The van der Waals surface area contributed by atoms with E-state index < -0.39 is 0 Å². The molecule has 0 spiro atoms. The number of nitrogens with zero attached hydrogens (tertiary/aromatic N) is 3. The first-order valence-corrected chi connectivity index (χ1v) is 6.33. The van der Waals surface area contributed by atoms with Gasteiger partial charge in [-0.3, -0.25) is 5.10 Å². The number of aromatic amines is 1. The van der Waals surface area contributed by atoms with Crippen LogP contribution in [-0.4, -0.2) is 39.5 Å². The molecule has 0 saturated heterocycles. The normalized spacial score (nSPS) is 14.9. The van der Waals surface area contributed by atoms with Gasteiger partial charge in [-0.05, 0) is 6.42 Å². The average molecular weight is 251 g/mol. The lowest BCUT2D eigenvalue weighted by molar-refractivity contribution is -0.105. The molecule has 0 amide bonds. The first kappa shape index (κ1) is 11.8. The van der Waals surface area contributed by atoms with E-state index in [4.69, 9.17) is 0 Å². The minimum Gasteiger partial charge on any atom is -0.306 e. The molecule has 1 aliphatic heterocycles. The monoisotopic (exact) mass is 251 g/mol. The van der Waals surface area contributed by atoms with Crippen LogP contribution in [0, 0.1) is 0 Å². The van der Waals surface area contributed by atoms with E-state index >= 15 is 0 Å². The third-order valence-corrected chi connectivity index (χ3v) is 3.00. The lowest BCUT2D eigenvalue weighted by Crippen LogP contribution is -2.18. The predicted molar refractivity (Wildman–Crippen MR) is 66.9 cm³/mol. The minimum absolute atomic E-state index is 0.368. The van der Waals surface area contributed by atoms with E-state index in [1.807, 2.05) is 13.0 Å². The molecule has 1 aliphatic rings. The Kier molecular flexibility index (Phi) is 3.92. The molecule has 90 valence electrons. The fourth-order valence-electron chi connectivity index (χ4n) is 1.51. The van der Waals surface area contributed by atoms with Crippen molar-refractivity contribution in [1.29, 1.82) is 0 Å². The van der Waals surface area contributed by atoms with Crippen molar-refractivity contribution in [2.45, 2.75) is 18.5 Å². The molecule has 2 rings (SSSR count). The highest BCUT2D eigenvalue weighted by Crippen LogP contribution is 2.19. The average Bonchev–Trinajstić information content (AvgIpc) is 2.85. The Morgan fingerprint density at radius 1 is 1.59 bits per heavy atom. The van der Waals surface area contributed by atoms with E-state index in [2.05, 4.69) is 25.7 Å². The second kappa shape index (κ2) is 5.62. The highest BCUT2D eigenvalue weighted by Gasteiger charge is 2.15. The van der Waals surface area contributed by atoms with Crippen molar-refractivity contribution in [2.75, 3.05) is 12.3 Å². The van der Waals surface area contributed by atoms with Gasteiger partial charge in [0.1, 0.15) is 6.29 Å². The van der Waals surface area contributed by atoms with Gasteiger partial charge in [0, 0.05) is 5.57 Å². The van der Waals surface area contributed by atoms with Crippen molar-refractivity contribution in [2.24, 2.45) is 5.10 Å². The summed E-state index contributed by atoms with van der Waals surface area (Å²) in [6.07, 6.45) is 3.69. The summed E-state index contributed by atoms with van der Waals surface area (Å²) in [7, 11) is 0. The van der Waals surface area contributed by atoms with Crippen molar-refractivity contribution in [3.63, 3.8) is 0 Å². The van der Waals surface area contributed by atoms with E-state index in [0.29, 0.717) is 23.3 Å². The topological polar surface area (TPSA) is 83.0 Å². The van der Waals surface area contributed by atoms with Gasteiger partial charge in [0.25, 0.3) is 0 Å². The fourth-order valence-corrected chi connectivity index (χ4v) is 1.99. The summed E-state index contributed by atoms with van der Waals surface area (Å²) in [5.74, 6) is 1.08. The zero-order valence-corrected chi connectivity index (χ0v) is 10.3. The zero-order valence-electron chi connectivity index (χ0n) is 9.43. The Labute approximate surface area is 103 Å². The van der Waals surface area contributed by atoms with E-state index in [0.717, 1.165) is 24.0 Å². The van der Waals surface area contributed by atoms with Gasteiger partial charge >= 0.3 is 0 Å². The molecule has 2 heterocycles. The number of aromatic nitrogens is 3. The van der Waals surface area contributed by atoms with E-state index in [-0.39, 0.29) is 0 Å². The van der Waals surface area contributed by atoms with Crippen molar-refractivity contribution < 1.29 is 4.79 Å². The van der Waals surface area contributed by atoms with Crippen LogP contribution in [0.4, 0.5) is 0 Å². The number of hydrazone groups is 1. The molecule has 6 nitrogen and oxygen atoms in total. The number of H-pyrrole nitrogens is 1. The van der Waals surface area contributed by atoms with Crippen LogP contribution in [0.5, 0.6) is 0 Å². The number of aldehydes is 1. The number of thioether (sulfide) groups is 1. The van der Waals surface area contributed by atoms with Crippen LogP contribution in [0.3, 0.4) is 0 Å². The molecule has 2 N–H and O–H groups in total. The molecular formula is C10H13N5OS. The molecule has 0 unspecified atom stereocenters. The lowest BCUT2D eigenvalue weighted by atomic mass is 10.1. The van der Waals surface area contributed by atoms with Crippen LogP contribution < -0.4 is 5.43 Å². The van der Waals surface area contributed by atoms with Crippen LogP contribution >= 0.6 is 11.8 Å². The highest BCUT2D eigenvalue weighted by molar-refractivity contribution is 7.99. The number of hydrogen-bond donors (Lipinski definition) is 2. The van der Waals surface area contributed by atoms with Gasteiger partial charge in [0.15, 0.2) is 5.82 Å². The molecule has 0 aromatic carbocycles. The number of nitrogens with one attached hydrogen (secondary N) is 2. The maximum atomic E-state index is 10.3. The summed E-state index contributed by atoms with van der Waals surface area (Å²) in [5, 5.41) is 11.7. The first-order chi connectivity index (χ1) is 8.35. The molecule has 0 aliphatic carbocycles. The lowest BCUT2D eigenvalue weighted by Gasteiger charge is -2.11. The Hall–Kier alpha value is -1.63. The van der Waals surface area contributed by atoms with Gasteiger partial charge < -0.3 is 10.2 Å². The van der Waals surface area contributed by atoms with Gasteiger partial charge in [0.05, 0.1) is 18.0 Å². The Bertz CT molecular complexity index is 465. The smallest absolute Gasteiger partial charge is 0.209 e. The molecule has 0 saturated carbocycles. The van der Waals surface area contributed by atoms with Crippen LogP contribution in [0.1, 0.15) is 19.2 Å². The van der Waals surface area contributed by atoms with Crippen molar-refractivity contribution in [3.8, 4) is 0 Å². The molecule has 0 fully saturated rings. The number of hydrogen-bond acceptors (Lipinski definition) is 6. The largest absolute Gasteiger partial charge is 0.306 e. The standard InChI is InChI=1S/C10H13N5OS/c1-2-8-7(3-4-11-13-8)9-12-10(15-14-9)17-6-5-16/h3,5,11H,2,4,6H2,1H3,(H,12,14,15). The number of carbonyl (C=O) groups is 1. The van der Waals surface area contributed by atoms with Gasteiger partial charge in [-0.15, -0.1) is 5.10 Å². The van der Waals surface area contributed by atoms with Crippen LogP contribution in [0.2, 0.25) is 0 Å². The van der Waals surface area contributed by atoms with Crippen LogP contribution in [0.15, 0.2) is 16.3 Å². The van der Waals surface area contributed by atoms with Gasteiger partial charge in [-0.2, -0.15) is 5.10 Å². The Morgan fingerprint density at radius 2 is 2.47 bits per heavy atom. The Morgan fingerprint density at radius 3 is 3.24 bits per heavy atom. The summed E-state index contributed by atoms with van der Waals surface area (Å²) in [6.45, 7) is 2.73. The SMILES string of the molecule is CCC1=NNCC=C1c1nc(SCC=O)n[nH]1. The third kappa shape index (κ3) is 2.73. The number of carbonyl (C=O) groups excluding carboxylic acids is 1. The summed E-state index contributed by atoms with van der Waals surface area (Å²) in [4.78, 5) is 14.6. The molecule has 1 aromatic rings. The molecule has 0 radical (unpaired) electrons. The molecule has 17 heavy (non-hydrogen) atoms. The number of rotatable bonds is 5. The summed E-state index contributed by atoms with van der Waals surface area (Å²) >= 11 is 1.31. The van der Waals surface area contributed by atoms with E-state index in [1.54, 1.807) is 0 Å². The minimum atomic E-state index is 0.368. The first-order valence-electron chi connectivity index (χ1n) is 5.34. The predicted octanol–water partition coefficient (Wildman–Crippen LogP) is 0.848. The zero-order chi connectivity index (χ0) is 12.1. The van der Waals surface area contributed by atoms with E-state index in [9.17, 15) is 4.79 Å². The van der Waals surface area contributed by atoms with Gasteiger partial charge in [0.2, 0.25) is 5.16 Å². The highest BCUT2D eigenvalue weighted by atomic mass is 32.2. The van der Waals surface area contributed by atoms with Crippen molar-refractivity contribution in [3.05, 3.63) is 11.9 Å². The molecule has 0 atom stereocenters. The van der Waals surface area contributed by atoms with Crippen molar-refractivity contribution >= 4 is 29.3 Å². The maximum absolute atomic E-state index is 10.3. The van der Waals surface area contributed by atoms with Crippen molar-refractivity contribution in [1.82, 2.24) is 20.6 Å². The summed E-state index contributed by atoms with van der Waals surface area (Å²) < 4.78 is 0. The second-order valence-corrected chi connectivity index (χ2v) is 4.32. The van der Waals surface area contributed by atoms with Crippen LogP contribution in [0.25, 0.3) is 5.57 Å². The van der Waals surface area contributed by atoms with Gasteiger partial charge in [-0.25, -0.2) is 4.98 Å². The summed E-state index contributed by atoms with van der Waals surface area (Å²) in [6, 6.07) is 0. The molecule has 1 aromatic heterocycles. The summed E-state index contributed by atoms with van der Waals surface area (Å²) in [5.41, 5.74) is 4.87. The van der Waals surface area contributed by atoms with Gasteiger partial charge in [-0.1, -0.05) is 24.8 Å². The molecule has 0 bridgehead atoms. The van der Waals surface area contributed by atoms with Crippen LogP contribution in [-0.2, 0) is 4.79 Å². The quantitative estimate of drug-likeness (QED) is 0.598.